The number of rotatable bonds is 4. The third kappa shape index (κ3) is 2.43. The maximum atomic E-state index is 10.9. The van der Waals surface area contributed by atoms with Crippen LogP contribution in [0.25, 0.3) is 0 Å². The smallest absolute Gasteiger partial charge is 0.293 e. The van der Waals surface area contributed by atoms with E-state index in [4.69, 9.17) is 5.26 Å². The van der Waals surface area contributed by atoms with Crippen molar-refractivity contribution in [2.75, 3.05) is 11.9 Å². The number of nitriles is 1. The van der Waals surface area contributed by atoms with Gasteiger partial charge in [-0.05, 0) is 29.9 Å². The van der Waals surface area contributed by atoms with Gasteiger partial charge in [0.1, 0.15) is 5.69 Å². The van der Waals surface area contributed by atoms with E-state index >= 15 is 0 Å². The Morgan fingerprint density at radius 2 is 2.28 bits per heavy atom. The zero-order valence-electron chi connectivity index (χ0n) is 10.4. The topological polar surface area (TPSA) is 79.0 Å². The van der Waals surface area contributed by atoms with E-state index in [1.807, 2.05) is 6.07 Å². The predicted octanol–water partition coefficient (Wildman–Crippen LogP) is 2.92. The summed E-state index contributed by atoms with van der Waals surface area (Å²) in [5, 5.41) is 22.8. The fraction of sp³-hybridized carbons (Fsp3) is 0.462. The molecule has 1 N–H and O–H groups in total. The number of nitrogens with one attached hydrogen (secondary N) is 1. The minimum atomic E-state index is -0.457. The first-order valence-electron chi connectivity index (χ1n) is 5.86. The molecule has 5 heteroatoms. The first kappa shape index (κ1) is 12.4. The third-order valence-corrected chi connectivity index (χ3v) is 3.58. The Morgan fingerprint density at radius 3 is 2.78 bits per heavy atom. The van der Waals surface area contributed by atoms with Gasteiger partial charge in [-0.3, -0.25) is 10.1 Å². The molecule has 1 aliphatic carbocycles. The number of hydrogen-bond acceptors (Lipinski definition) is 4. The van der Waals surface area contributed by atoms with Crippen LogP contribution in [-0.2, 0) is 0 Å². The summed E-state index contributed by atoms with van der Waals surface area (Å²) in [6, 6.07) is 6.41. The molecule has 1 unspecified atom stereocenters. The van der Waals surface area contributed by atoms with Gasteiger partial charge in [-0.15, -0.1) is 0 Å². The average molecular weight is 245 g/mol. The number of anilines is 1. The van der Waals surface area contributed by atoms with Crippen LogP contribution in [0.5, 0.6) is 0 Å². The van der Waals surface area contributed by atoms with E-state index < -0.39 is 4.92 Å². The van der Waals surface area contributed by atoms with Crippen molar-refractivity contribution < 1.29 is 4.92 Å². The Kier molecular flexibility index (Phi) is 2.95. The van der Waals surface area contributed by atoms with Crippen molar-refractivity contribution in [3.05, 3.63) is 33.9 Å². The summed E-state index contributed by atoms with van der Waals surface area (Å²) in [7, 11) is 0. The molecular weight excluding hydrogens is 230 g/mol. The quantitative estimate of drug-likeness (QED) is 0.653. The third-order valence-electron chi connectivity index (χ3n) is 3.58. The molecule has 1 atom stereocenters. The molecule has 0 radical (unpaired) electrons. The standard InChI is InChI=1S/C13H15N3O2/c1-13(2)6-10(13)8-15-11-4-3-9(7-14)5-12(11)16(17)18/h3-5,10,15H,6,8H2,1-2H3. The van der Waals surface area contributed by atoms with Gasteiger partial charge in [0.25, 0.3) is 5.69 Å². The van der Waals surface area contributed by atoms with Crippen molar-refractivity contribution in [3.63, 3.8) is 0 Å². The lowest BCUT2D eigenvalue weighted by atomic mass is 10.1. The van der Waals surface area contributed by atoms with Crippen LogP contribution in [0.1, 0.15) is 25.8 Å². The zero-order valence-corrected chi connectivity index (χ0v) is 10.4. The van der Waals surface area contributed by atoms with Gasteiger partial charge in [0.15, 0.2) is 0 Å². The molecule has 18 heavy (non-hydrogen) atoms. The second kappa shape index (κ2) is 4.30. The SMILES string of the molecule is CC1(C)CC1CNc1ccc(C#N)cc1[N+](=O)[O-]. The number of nitrogens with zero attached hydrogens (tertiary/aromatic N) is 2. The van der Waals surface area contributed by atoms with Gasteiger partial charge in [0.05, 0.1) is 16.6 Å². The summed E-state index contributed by atoms with van der Waals surface area (Å²) >= 11 is 0. The Hall–Kier alpha value is -2.09. The predicted molar refractivity (Wildman–Crippen MR) is 68.2 cm³/mol. The van der Waals surface area contributed by atoms with E-state index in [1.54, 1.807) is 12.1 Å². The molecule has 0 heterocycles. The highest BCUT2D eigenvalue weighted by Gasteiger charge is 2.45. The van der Waals surface area contributed by atoms with Crippen molar-refractivity contribution in [1.29, 1.82) is 5.26 Å². The lowest BCUT2D eigenvalue weighted by Crippen LogP contribution is -2.08. The molecular formula is C13H15N3O2. The maximum Gasteiger partial charge on any atom is 0.293 e. The number of nitro benzene ring substituents is 1. The van der Waals surface area contributed by atoms with Crippen LogP contribution in [-0.4, -0.2) is 11.5 Å². The van der Waals surface area contributed by atoms with Crippen molar-refractivity contribution >= 4 is 11.4 Å². The Bertz CT molecular complexity index is 532. The molecule has 1 aromatic carbocycles. The van der Waals surface area contributed by atoms with Crippen molar-refractivity contribution in [2.45, 2.75) is 20.3 Å². The molecule has 0 saturated heterocycles. The summed E-state index contributed by atoms with van der Waals surface area (Å²) in [4.78, 5) is 10.5. The van der Waals surface area contributed by atoms with Crippen LogP contribution in [0.4, 0.5) is 11.4 Å². The Balaban J connectivity index is 2.12. The normalized spacial score (nSPS) is 19.9. The monoisotopic (exact) mass is 245 g/mol. The summed E-state index contributed by atoms with van der Waals surface area (Å²) in [6.07, 6.45) is 1.14. The maximum absolute atomic E-state index is 10.9. The molecule has 1 fully saturated rings. The second-order valence-electron chi connectivity index (χ2n) is 5.37. The van der Waals surface area contributed by atoms with Gasteiger partial charge < -0.3 is 5.32 Å². The van der Waals surface area contributed by atoms with Crippen LogP contribution in [0.2, 0.25) is 0 Å². The van der Waals surface area contributed by atoms with Crippen molar-refractivity contribution in [1.82, 2.24) is 0 Å². The van der Waals surface area contributed by atoms with Crippen LogP contribution in [0.15, 0.2) is 18.2 Å². The summed E-state index contributed by atoms with van der Waals surface area (Å²) in [5.41, 5.74) is 1.10. The van der Waals surface area contributed by atoms with E-state index in [0.717, 1.165) is 13.0 Å². The van der Waals surface area contributed by atoms with Crippen molar-refractivity contribution in [2.24, 2.45) is 11.3 Å². The van der Waals surface area contributed by atoms with E-state index in [1.165, 1.54) is 6.07 Å². The van der Waals surface area contributed by atoms with E-state index in [2.05, 4.69) is 19.2 Å². The van der Waals surface area contributed by atoms with Gasteiger partial charge >= 0.3 is 0 Å². The summed E-state index contributed by atoms with van der Waals surface area (Å²) < 4.78 is 0. The average Bonchev–Trinajstić information content (AvgIpc) is 2.94. The van der Waals surface area contributed by atoms with Crippen LogP contribution in [0, 0.1) is 32.8 Å². The lowest BCUT2D eigenvalue weighted by molar-refractivity contribution is -0.384. The lowest BCUT2D eigenvalue weighted by Gasteiger charge is -2.08. The Morgan fingerprint density at radius 1 is 1.61 bits per heavy atom. The molecule has 2 rings (SSSR count). The molecule has 0 aliphatic heterocycles. The molecule has 0 amide bonds. The van der Waals surface area contributed by atoms with E-state index in [-0.39, 0.29) is 5.69 Å². The highest BCUT2D eigenvalue weighted by atomic mass is 16.6. The minimum Gasteiger partial charge on any atom is -0.379 e. The molecule has 94 valence electrons. The molecule has 1 aliphatic rings. The van der Waals surface area contributed by atoms with Gasteiger partial charge in [-0.1, -0.05) is 13.8 Å². The fourth-order valence-corrected chi connectivity index (χ4v) is 2.06. The molecule has 0 aromatic heterocycles. The van der Waals surface area contributed by atoms with Crippen LogP contribution < -0.4 is 5.32 Å². The molecule has 0 bridgehead atoms. The Labute approximate surface area is 106 Å². The van der Waals surface area contributed by atoms with Crippen LogP contribution >= 0.6 is 0 Å². The van der Waals surface area contributed by atoms with Gasteiger partial charge in [0.2, 0.25) is 0 Å². The molecule has 0 spiro atoms. The largest absolute Gasteiger partial charge is 0.379 e. The van der Waals surface area contributed by atoms with Gasteiger partial charge in [-0.2, -0.15) is 5.26 Å². The van der Waals surface area contributed by atoms with E-state index in [9.17, 15) is 10.1 Å². The minimum absolute atomic E-state index is 0.0347. The summed E-state index contributed by atoms with van der Waals surface area (Å²) in [5.74, 6) is 0.563. The van der Waals surface area contributed by atoms with Gasteiger partial charge in [-0.25, -0.2) is 0 Å². The van der Waals surface area contributed by atoms with Gasteiger partial charge in [0, 0.05) is 12.6 Å². The number of benzene rings is 1. The molecule has 1 saturated carbocycles. The number of nitro groups is 1. The highest BCUT2D eigenvalue weighted by molar-refractivity contribution is 5.64. The van der Waals surface area contributed by atoms with Crippen LogP contribution in [0.3, 0.4) is 0 Å². The molecule has 5 nitrogen and oxygen atoms in total. The summed E-state index contributed by atoms with van der Waals surface area (Å²) in [6.45, 7) is 5.11. The zero-order chi connectivity index (χ0) is 13.3. The van der Waals surface area contributed by atoms with Crippen molar-refractivity contribution in [3.8, 4) is 6.07 Å². The first-order chi connectivity index (χ1) is 8.44. The highest BCUT2D eigenvalue weighted by Crippen LogP contribution is 2.51. The fourth-order valence-electron chi connectivity index (χ4n) is 2.06. The van der Waals surface area contributed by atoms with E-state index in [0.29, 0.717) is 22.6 Å². The number of hydrogen-bond donors (Lipinski definition) is 1. The second-order valence-corrected chi connectivity index (χ2v) is 5.37. The molecule has 1 aromatic rings. The first-order valence-corrected chi connectivity index (χ1v) is 5.86.